The molecule has 0 fully saturated rings. The van der Waals surface area contributed by atoms with Crippen LogP contribution in [0.15, 0.2) is 42.5 Å². The lowest BCUT2D eigenvalue weighted by Crippen LogP contribution is -1.98. The first-order chi connectivity index (χ1) is 14.3. The van der Waals surface area contributed by atoms with Crippen LogP contribution in [0.4, 0.5) is 0 Å². The SMILES string of the molecule is CCCCCCCCCCCCCCCCCC(=O)c1ccc2ccccc2c1. The molecule has 1 nitrogen and oxygen atoms in total. The van der Waals surface area contributed by atoms with E-state index in [1.165, 1.54) is 95.3 Å². The van der Waals surface area contributed by atoms with E-state index in [9.17, 15) is 4.79 Å². The van der Waals surface area contributed by atoms with Gasteiger partial charge in [0.1, 0.15) is 0 Å². The van der Waals surface area contributed by atoms with Crippen LogP contribution in [0.25, 0.3) is 10.8 Å². The molecule has 0 unspecified atom stereocenters. The van der Waals surface area contributed by atoms with Crippen molar-refractivity contribution in [1.29, 1.82) is 0 Å². The Bertz CT molecular complexity index is 688. The van der Waals surface area contributed by atoms with Crippen molar-refractivity contribution in [2.24, 2.45) is 0 Å². The van der Waals surface area contributed by atoms with Gasteiger partial charge in [0, 0.05) is 12.0 Å². The summed E-state index contributed by atoms with van der Waals surface area (Å²) in [5, 5.41) is 2.37. The van der Waals surface area contributed by atoms with Gasteiger partial charge in [-0.05, 0) is 23.3 Å². The highest BCUT2D eigenvalue weighted by Crippen LogP contribution is 2.18. The lowest BCUT2D eigenvalue weighted by Gasteiger charge is -2.05. The van der Waals surface area contributed by atoms with Crippen molar-refractivity contribution in [3.05, 3.63) is 48.0 Å². The maximum Gasteiger partial charge on any atom is 0.162 e. The molecule has 160 valence electrons. The number of hydrogen-bond acceptors (Lipinski definition) is 1. The Morgan fingerprint density at radius 3 is 1.62 bits per heavy atom. The van der Waals surface area contributed by atoms with Crippen molar-refractivity contribution in [2.75, 3.05) is 0 Å². The predicted molar refractivity (Wildman–Crippen MR) is 128 cm³/mol. The van der Waals surface area contributed by atoms with Crippen LogP contribution in [0.3, 0.4) is 0 Å². The first-order valence-electron chi connectivity index (χ1n) is 12.3. The number of carbonyl (C=O) groups excluding carboxylic acids is 1. The minimum Gasteiger partial charge on any atom is -0.294 e. The number of benzene rings is 2. The van der Waals surface area contributed by atoms with Crippen molar-refractivity contribution >= 4 is 16.6 Å². The summed E-state index contributed by atoms with van der Waals surface area (Å²) < 4.78 is 0. The summed E-state index contributed by atoms with van der Waals surface area (Å²) >= 11 is 0. The summed E-state index contributed by atoms with van der Waals surface area (Å²) in [7, 11) is 0. The van der Waals surface area contributed by atoms with E-state index in [-0.39, 0.29) is 0 Å². The largest absolute Gasteiger partial charge is 0.294 e. The normalized spacial score (nSPS) is 11.2. The van der Waals surface area contributed by atoms with Crippen LogP contribution >= 0.6 is 0 Å². The van der Waals surface area contributed by atoms with E-state index in [0.29, 0.717) is 12.2 Å². The Morgan fingerprint density at radius 2 is 1.07 bits per heavy atom. The molecule has 0 aliphatic carbocycles. The molecule has 2 aromatic rings. The highest BCUT2D eigenvalue weighted by molar-refractivity contribution is 5.99. The van der Waals surface area contributed by atoms with Crippen molar-refractivity contribution in [3.63, 3.8) is 0 Å². The fourth-order valence-electron chi connectivity index (χ4n) is 4.16. The van der Waals surface area contributed by atoms with Gasteiger partial charge in [-0.3, -0.25) is 4.79 Å². The van der Waals surface area contributed by atoms with E-state index in [1.54, 1.807) is 0 Å². The van der Waals surface area contributed by atoms with Gasteiger partial charge >= 0.3 is 0 Å². The Morgan fingerprint density at radius 1 is 0.586 bits per heavy atom. The third kappa shape index (κ3) is 10.1. The van der Waals surface area contributed by atoms with E-state index in [1.807, 2.05) is 24.3 Å². The molecule has 0 aliphatic heterocycles. The van der Waals surface area contributed by atoms with Gasteiger partial charge in [0.25, 0.3) is 0 Å². The van der Waals surface area contributed by atoms with E-state index in [4.69, 9.17) is 0 Å². The Kier molecular flexibility index (Phi) is 12.4. The van der Waals surface area contributed by atoms with Crippen LogP contribution in [0.1, 0.15) is 120 Å². The van der Waals surface area contributed by atoms with Gasteiger partial charge in [0.05, 0.1) is 0 Å². The zero-order valence-electron chi connectivity index (χ0n) is 18.8. The topological polar surface area (TPSA) is 17.1 Å². The molecule has 0 saturated heterocycles. The Hall–Kier alpha value is -1.63. The lowest BCUT2D eigenvalue weighted by atomic mass is 10.00. The van der Waals surface area contributed by atoms with Gasteiger partial charge in [-0.15, -0.1) is 0 Å². The molecule has 0 atom stereocenters. The monoisotopic (exact) mass is 394 g/mol. The zero-order chi connectivity index (χ0) is 20.6. The van der Waals surface area contributed by atoms with E-state index >= 15 is 0 Å². The van der Waals surface area contributed by atoms with Crippen molar-refractivity contribution in [3.8, 4) is 0 Å². The highest BCUT2D eigenvalue weighted by atomic mass is 16.1. The molecule has 0 aromatic heterocycles. The fraction of sp³-hybridized carbons (Fsp3) is 0.607. The maximum atomic E-state index is 12.4. The number of carbonyl (C=O) groups is 1. The number of ketones is 1. The molecule has 0 N–H and O–H groups in total. The third-order valence-corrected chi connectivity index (χ3v) is 6.08. The van der Waals surface area contributed by atoms with Crippen LogP contribution in [0.2, 0.25) is 0 Å². The average molecular weight is 395 g/mol. The van der Waals surface area contributed by atoms with Gasteiger partial charge in [0.2, 0.25) is 0 Å². The lowest BCUT2D eigenvalue weighted by molar-refractivity contribution is 0.0979. The molecule has 2 rings (SSSR count). The minimum absolute atomic E-state index is 0.297. The second-order valence-electron chi connectivity index (χ2n) is 8.68. The Labute approximate surface area is 179 Å². The van der Waals surface area contributed by atoms with Gasteiger partial charge in [-0.1, -0.05) is 133 Å². The van der Waals surface area contributed by atoms with Crippen LogP contribution in [0, 0.1) is 0 Å². The van der Waals surface area contributed by atoms with Crippen LogP contribution in [0.5, 0.6) is 0 Å². The smallest absolute Gasteiger partial charge is 0.162 e. The number of hydrogen-bond donors (Lipinski definition) is 0. The molecule has 29 heavy (non-hydrogen) atoms. The quantitative estimate of drug-likeness (QED) is 0.193. The number of unbranched alkanes of at least 4 members (excludes halogenated alkanes) is 14. The van der Waals surface area contributed by atoms with Gasteiger partial charge in [0.15, 0.2) is 5.78 Å². The van der Waals surface area contributed by atoms with E-state index in [2.05, 4.69) is 25.1 Å². The summed E-state index contributed by atoms with van der Waals surface area (Å²) in [6.07, 6.45) is 21.1. The highest BCUT2D eigenvalue weighted by Gasteiger charge is 2.06. The van der Waals surface area contributed by atoms with Crippen molar-refractivity contribution in [2.45, 2.75) is 110 Å². The second-order valence-corrected chi connectivity index (χ2v) is 8.68. The maximum absolute atomic E-state index is 12.4. The van der Waals surface area contributed by atoms with Gasteiger partial charge < -0.3 is 0 Å². The summed E-state index contributed by atoms with van der Waals surface area (Å²) in [6, 6.07) is 14.3. The van der Waals surface area contributed by atoms with E-state index < -0.39 is 0 Å². The van der Waals surface area contributed by atoms with E-state index in [0.717, 1.165) is 17.4 Å². The summed E-state index contributed by atoms with van der Waals surface area (Å²) in [5.41, 5.74) is 0.870. The van der Waals surface area contributed by atoms with Crippen molar-refractivity contribution < 1.29 is 4.79 Å². The molecule has 0 amide bonds. The molecule has 2 aromatic carbocycles. The molecular formula is C28H42O. The molecule has 0 saturated carbocycles. The summed E-state index contributed by atoms with van der Waals surface area (Å²) in [4.78, 5) is 12.4. The zero-order valence-corrected chi connectivity index (χ0v) is 18.8. The molecule has 0 spiro atoms. The number of fused-ring (bicyclic) bond motifs is 1. The molecule has 0 aliphatic rings. The number of Topliss-reactive ketones (excluding diaryl/α,β-unsaturated/α-hetero) is 1. The first kappa shape index (κ1) is 23.6. The first-order valence-corrected chi connectivity index (χ1v) is 12.3. The van der Waals surface area contributed by atoms with Crippen LogP contribution in [-0.2, 0) is 0 Å². The molecular weight excluding hydrogens is 352 g/mol. The second kappa shape index (κ2) is 15.2. The average Bonchev–Trinajstić information content (AvgIpc) is 2.76. The third-order valence-electron chi connectivity index (χ3n) is 6.08. The molecule has 0 radical (unpaired) electrons. The summed E-state index contributed by atoms with van der Waals surface area (Å²) in [6.45, 7) is 2.28. The summed E-state index contributed by atoms with van der Waals surface area (Å²) in [5.74, 6) is 0.297. The molecule has 0 bridgehead atoms. The van der Waals surface area contributed by atoms with Crippen LogP contribution < -0.4 is 0 Å². The van der Waals surface area contributed by atoms with Gasteiger partial charge in [-0.25, -0.2) is 0 Å². The Balaban J connectivity index is 1.41. The number of rotatable bonds is 17. The van der Waals surface area contributed by atoms with Crippen LogP contribution in [-0.4, -0.2) is 5.78 Å². The van der Waals surface area contributed by atoms with Crippen molar-refractivity contribution in [1.82, 2.24) is 0 Å². The fourth-order valence-corrected chi connectivity index (χ4v) is 4.16. The standard InChI is InChI=1S/C28H42O/c1-2-3-4-5-6-7-8-9-10-11-12-13-14-15-16-21-28(29)27-23-22-25-19-17-18-20-26(25)24-27/h17-20,22-24H,2-16,21H2,1H3. The molecule has 0 heterocycles. The molecule has 1 heteroatoms. The van der Waals surface area contributed by atoms with Gasteiger partial charge in [-0.2, -0.15) is 0 Å². The predicted octanol–water partition coefficient (Wildman–Crippen LogP) is 9.28. The minimum atomic E-state index is 0.297.